The molecule has 0 bridgehead atoms. The zero-order valence-electron chi connectivity index (χ0n) is 8.34. The van der Waals surface area contributed by atoms with E-state index in [0.29, 0.717) is 5.69 Å². The molecule has 0 fully saturated rings. The molecule has 0 aliphatic rings. The molecule has 1 heterocycles. The van der Waals surface area contributed by atoms with Crippen LogP contribution in [0, 0.1) is 0 Å². The van der Waals surface area contributed by atoms with Gasteiger partial charge in [-0.25, -0.2) is 9.98 Å². The number of aromatic nitrogens is 1. The van der Waals surface area contributed by atoms with Crippen LogP contribution in [0.4, 0.5) is 11.4 Å². The van der Waals surface area contributed by atoms with E-state index in [9.17, 15) is 0 Å². The van der Waals surface area contributed by atoms with Crippen LogP contribution in [-0.2, 0) is 0 Å². The number of rotatable bonds is 2. The largest absolute Gasteiger partial charge is 0.397 e. The van der Waals surface area contributed by atoms with Gasteiger partial charge in [-0.1, -0.05) is 12.1 Å². The maximum absolute atomic E-state index is 5.80. The summed E-state index contributed by atoms with van der Waals surface area (Å²) in [5.74, 6) is 0. The van der Waals surface area contributed by atoms with Gasteiger partial charge in [0.05, 0.1) is 28.3 Å². The average molecular weight is 217 g/mol. The summed E-state index contributed by atoms with van der Waals surface area (Å²) >= 11 is 1.56. The highest BCUT2D eigenvalue weighted by Gasteiger charge is 2.00. The SMILES string of the molecule is CC(=Nc1ccccc1N)c1cscn1. The summed E-state index contributed by atoms with van der Waals surface area (Å²) in [7, 11) is 0. The Morgan fingerprint density at radius 2 is 2.20 bits per heavy atom. The number of hydrogen-bond donors (Lipinski definition) is 1. The van der Waals surface area contributed by atoms with Crippen molar-refractivity contribution in [3.05, 3.63) is 40.8 Å². The lowest BCUT2D eigenvalue weighted by Gasteiger charge is -2.00. The molecular weight excluding hydrogens is 206 g/mol. The minimum absolute atomic E-state index is 0.687. The molecule has 3 nitrogen and oxygen atoms in total. The molecule has 1 aromatic carbocycles. The second-order valence-corrected chi connectivity index (χ2v) is 3.85. The van der Waals surface area contributed by atoms with Crippen LogP contribution in [0.15, 0.2) is 40.1 Å². The molecule has 2 rings (SSSR count). The summed E-state index contributed by atoms with van der Waals surface area (Å²) in [4.78, 5) is 8.63. The summed E-state index contributed by atoms with van der Waals surface area (Å²) < 4.78 is 0. The minimum atomic E-state index is 0.687. The van der Waals surface area contributed by atoms with E-state index in [0.717, 1.165) is 17.1 Å². The first-order valence-corrected chi connectivity index (χ1v) is 5.50. The first-order valence-electron chi connectivity index (χ1n) is 4.56. The molecule has 0 spiro atoms. The second-order valence-electron chi connectivity index (χ2n) is 3.13. The van der Waals surface area contributed by atoms with Gasteiger partial charge in [0.1, 0.15) is 0 Å². The normalized spacial score (nSPS) is 11.7. The Hall–Kier alpha value is -1.68. The van der Waals surface area contributed by atoms with Crippen LogP contribution in [0.25, 0.3) is 0 Å². The highest BCUT2D eigenvalue weighted by Crippen LogP contribution is 2.21. The molecule has 0 unspecified atom stereocenters. The van der Waals surface area contributed by atoms with Gasteiger partial charge in [-0.2, -0.15) is 0 Å². The van der Waals surface area contributed by atoms with Crippen molar-refractivity contribution >= 4 is 28.4 Å². The second kappa shape index (κ2) is 4.23. The Labute approximate surface area is 92.3 Å². The van der Waals surface area contributed by atoms with Crippen LogP contribution >= 0.6 is 11.3 Å². The highest BCUT2D eigenvalue weighted by atomic mass is 32.1. The summed E-state index contributed by atoms with van der Waals surface area (Å²) in [6, 6.07) is 7.55. The molecule has 0 saturated heterocycles. The van der Waals surface area contributed by atoms with Crippen LogP contribution in [0.2, 0.25) is 0 Å². The van der Waals surface area contributed by atoms with E-state index in [1.807, 2.05) is 36.6 Å². The van der Waals surface area contributed by atoms with Gasteiger partial charge in [0.25, 0.3) is 0 Å². The molecule has 15 heavy (non-hydrogen) atoms. The minimum Gasteiger partial charge on any atom is -0.397 e. The standard InChI is InChI=1S/C11H11N3S/c1-8(11-6-15-7-13-11)14-10-5-3-2-4-9(10)12/h2-7H,12H2,1H3. The maximum atomic E-state index is 5.80. The molecule has 0 aliphatic heterocycles. The molecule has 0 amide bonds. The van der Waals surface area contributed by atoms with Gasteiger partial charge in [-0.15, -0.1) is 11.3 Å². The first kappa shape index (κ1) is 9.86. The van der Waals surface area contributed by atoms with Crippen LogP contribution in [0.5, 0.6) is 0 Å². The van der Waals surface area contributed by atoms with E-state index in [2.05, 4.69) is 9.98 Å². The van der Waals surface area contributed by atoms with Crippen LogP contribution in [0.3, 0.4) is 0 Å². The fourth-order valence-electron chi connectivity index (χ4n) is 1.22. The zero-order valence-corrected chi connectivity index (χ0v) is 9.16. The molecule has 2 aromatic rings. The Kier molecular flexibility index (Phi) is 2.78. The summed E-state index contributed by atoms with van der Waals surface area (Å²) in [5.41, 5.74) is 10.9. The lowest BCUT2D eigenvalue weighted by atomic mass is 10.2. The monoisotopic (exact) mass is 217 g/mol. The number of para-hydroxylation sites is 2. The van der Waals surface area contributed by atoms with E-state index in [-0.39, 0.29) is 0 Å². The van der Waals surface area contributed by atoms with Crippen molar-refractivity contribution in [2.75, 3.05) is 5.73 Å². The van der Waals surface area contributed by atoms with Crippen LogP contribution in [-0.4, -0.2) is 10.7 Å². The quantitative estimate of drug-likeness (QED) is 0.621. The fourth-order valence-corrected chi connectivity index (χ4v) is 1.81. The maximum Gasteiger partial charge on any atom is 0.0950 e. The van der Waals surface area contributed by atoms with Gasteiger partial charge in [0.15, 0.2) is 0 Å². The van der Waals surface area contributed by atoms with Crippen molar-refractivity contribution in [1.82, 2.24) is 4.98 Å². The van der Waals surface area contributed by atoms with Crippen molar-refractivity contribution in [3.8, 4) is 0 Å². The number of nitrogens with two attached hydrogens (primary N) is 1. The molecule has 0 aliphatic carbocycles. The molecule has 0 saturated carbocycles. The Balaban J connectivity index is 2.35. The van der Waals surface area contributed by atoms with Crippen molar-refractivity contribution in [2.45, 2.75) is 6.92 Å². The van der Waals surface area contributed by atoms with Crippen LogP contribution < -0.4 is 5.73 Å². The molecule has 0 radical (unpaired) electrons. The van der Waals surface area contributed by atoms with E-state index >= 15 is 0 Å². The van der Waals surface area contributed by atoms with Crippen molar-refractivity contribution in [3.63, 3.8) is 0 Å². The van der Waals surface area contributed by atoms with E-state index in [1.54, 1.807) is 16.8 Å². The van der Waals surface area contributed by atoms with E-state index < -0.39 is 0 Å². The number of aliphatic imine (C=N–C) groups is 1. The fraction of sp³-hybridized carbons (Fsp3) is 0.0909. The number of hydrogen-bond acceptors (Lipinski definition) is 4. The topological polar surface area (TPSA) is 51.3 Å². The summed E-state index contributed by atoms with van der Waals surface area (Å²) in [6.07, 6.45) is 0. The average Bonchev–Trinajstić information content (AvgIpc) is 2.74. The van der Waals surface area contributed by atoms with Gasteiger partial charge in [0.2, 0.25) is 0 Å². The van der Waals surface area contributed by atoms with Gasteiger partial charge in [-0.3, -0.25) is 0 Å². The Morgan fingerprint density at radius 3 is 2.87 bits per heavy atom. The smallest absolute Gasteiger partial charge is 0.0950 e. The number of nitrogen functional groups attached to an aromatic ring is 1. The Morgan fingerprint density at radius 1 is 1.40 bits per heavy atom. The predicted octanol–water partition coefficient (Wildman–Crippen LogP) is 2.87. The van der Waals surface area contributed by atoms with Crippen molar-refractivity contribution in [1.29, 1.82) is 0 Å². The van der Waals surface area contributed by atoms with E-state index in [1.165, 1.54) is 0 Å². The molecular formula is C11H11N3S. The van der Waals surface area contributed by atoms with Gasteiger partial charge in [-0.05, 0) is 19.1 Å². The van der Waals surface area contributed by atoms with Crippen molar-refractivity contribution < 1.29 is 0 Å². The zero-order chi connectivity index (χ0) is 10.7. The number of benzene rings is 1. The van der Waals surface area contributed by atoms with Crippen molar-refractivity contribution in [2.24, 2.45) is 4.99 Å². The Bertz CT molecular complexity index is 474. The molecule has 76 valence electrons. The lowest BCUT2D eigenvalue weighted by molar-refractivity contribution is 1.35. The molecule has 4 heteroatoms. The van der Waals surface area contributed by atoms with Gasteiger partial charge in [0, 0.05) is 5.38 Å². The number of nitrogens with zero attached hydrogens (tertiary/aromatic N) is 2. The first-order chi connectivity index (χ1) is 7.27. The third-order valence-corrected chi connectivity index (χ3v) is 2.61. The van der Waals surface area contributed by atoms with E-state index in [4.69, 9.17) is 5.73 Å². The van der Waals surface area contributed by atoms with Crippen LogP contribution in [0.1, 0.15) is 12.6 Å². The number of anilines is 1. The predicted molar refractivity (Wildman–Crippen MR) is 64.8 cm³/mol. The third-order valence-electron chi connectivity index (χ3n) is 2.03. The summed E-state index contributed by atoms with van der Waals surface area (Å²) in [6.45, 7) is 1.93. The summed E-state index contributed by atoms with van der Waals surface area (Å²) in [5, 5.41) is 1.97. The van der Waals surface area contributed by atoms with Gasteiger partial charge >= 0.3 is 0 Å². The highest BCUT2D eigenvalue weighted by molar-refractivity contribution is 7.07. The van der Waals surface area contributed by atoms with Gasteiger partial charge < -0.3 is 5.73 Å². The molecule has 2 N–H and O–H groups in total. The molecule has 0 atom stereocenters. The number of thiazole rings is 1. The molecule has 1 aromatic heterocycles. The third kappa shape index (κ3) is 2.22. The lowest BCUT2D eigenvalue weighted by Crippen LogP contribution is -1.94.